The number of nitrogens with zero attached hydrogens (tertiary/aromatic N) is 1. The summed E-state index contributed by atoms with van der Waals surface area (Å²) in [4.78, 5) is 28.5. The van der Waals surface area contributed by atoms with Gasteiger partial charge in [0, 0.05) is 34.6 Å². The summed E-state index contributed by atoms with van der Waals surface area (Å²) in [5, 5.41) is 7.68. The number of aromatic nitrogens is 1. The molecule has 144 valence electrons. The number of hydrogen-bond acceptors (Lipinski definition) is 6. The molecular formula is C19H17N3O4S2. The Bertz CT molecular complexity index is 1090. The molecule has 7 nitrogen and oxygen atoms in total. The Morgan fingerprint density at radius 1 is 1.00 bits per heavy atom. The first-order chi connectivity index (χ1) is 13.3. The van der Waals surface area contributed by atoms with Crippen LogP contribution in [0.2, 0.25) is 0 Å². The van der Waals surface area contributed by atoms with Crippen molar-refractivity contribution in [3.8, 4) is 0 Å². The second-order valence-corrected chi connectivity index (χ2v) is 9.13. The van der Waals surface area contributed by atoms with Crippen molar-refractivity contribution in [1.82, 2.24) is 4.98 Å². The maximum Gasteiger partial charge on any atom is 0.257 e. The van der Waals surface area contributed by atoms with Gasteiger partial charge in [0.25, 0.3) is 11.8 Å². The first kappa shape index (κ1) is 19.7. The standard InChI is InChI=1S/C19H17N3O4S2/c1-28(25,26)12-13-3-2-4-15(11-13)18(24)21-16-7-5-14(6-8-16)17(23)22-19-20-9-10-27-19/h2-11H,12H2,1H3,(H,21,24)(H,20,22,23). The molecule has 3 rings (SSSR count). The van der Waals surface area contributed by atoms with Crippen molar-refractivity contribution in [2.24, 2.45) is 0 Å². The molecule has 0 saturated heterocycles. The second-order valence-electron chi connectivity index (χ2n) is 6.09. The highest BCUT2D eigenvalue weighted by molar-refractivity contribution is 7.89. The molecule has 3 aromatic rings. The third-order valence-corrected chi connectivity index (χ3v) is 5.22. The number of carbonyl (C=O) groups is 2. The zero-order valence-electron chi connectivity index (χ0n) is 14.9. The van der Waals surface area contributed by atoms with E-state index in [4.69, 9.17) is 0 Å². The number of carbonyl (C=O) groups excluding carboxylic acids is 2. The molecule has 0 aliphatic rings. The van der Waals surface area contributed by atoms with Crippen LogP contribution in [0, 0.1) is 0 Å². The van der Waals surface area contributed by atoms with Gasteiger partial charge in [-0.1, -0.05) is 12.1 Å². The normalized spacial score (nSPS) is 11.0. The molecule has 28 heavy (non-hydrogen) atoms. The van der Waals surface area contributed by atoms with Gasteiger partial charge in [0.2, 0.25) is 0 Å². The molecule has 0 aliphatic heterocycles. The Morgan fingerprint density at radius 3 is 2.36 bits per heavy atom. The van der Waals surface area contributed by atoms with Gasteiger partial charge in [0.1, 0.15) is 0 Å². The van der Waals surface area contributed by atoms with Crippen LogP contribution in [0.3, 0.4) is 0 Å². The summed E-state index contributed by atoms with van der Waals surface area (Å²) in [6, 6.07) is 12.9. The summed E-state index contributed by atoms with van der Waals surface area (Å²) < 4.78 is 22.8. The van der Waals surface area contributed by atoms with E-state index in [1.165, 1.54) is 11.3 Å². The monoisotopic (exact) mass is 415 g/mol. The van der Waals surface area contributed by atoms with E-state index < -0.39 is 9.84 Å². The first-order valence-corrected chi connectivity index (χ1v) is 11.1. The highest BCUT2D eigenvalue weighted by Crippen LogP contribution is 2.16. The van der Waals surface area contributed by atoms with Gasteiger partial charge in [-0.25, -0.2) is 13.4 Å². The van der Waals surface area contributed by atoms with Gasteiger partial charge in [-0.05, 0) is 42.0 Å². The van der Waals surface area contributed by atoms with Crippen LogP contribution in [0.25, 0.3) is 0 Å². The number of amides is 2. The molecule has 0 fully saturated rings. The lowest BCUT2D eigenvalue weighted by Crippen LogP contribution is -2.14. The molecule has 0 spiro atoms. The topological polar surface area (TPSA) is 105 Å². The van der Waals surface area contributed by atoms with E-state index in [1.54, 1.807) is 60.1 Å². The van der Waals surface area contributed by atoms with E-state index in [2.05, 4.69) is 15.6 Å². The Hall–Kier alpha value is -3.04. The number of rotatable bonds is 6. The molecule has 1 heterocycles. The maximum absolute atomic E-state index is 12.4. The SMILES string of the molecule is CS(=O)(=O)Cc1cccc(C(=O)Nc2ccc(C(=O)Nc3nccs3)cc2)c1. The van der Waals surface area contributed by atoms with Gasteiger partial charge in [-0.3, -0.25) is 14.9 Å². The van der Waals surface area contributed by atoms with E-state index in [0.29, 0.717) is 27.5 Å². The van der Waals surface area contributed by atoms with Crippen LogP contribution in [0.1, 0.15) is 26.3 Å². The number of hydrogen-bond donors (Lipinski definition) is 2. The van der Waals surface area contributed by atoms with E-state index in [1.807, 2.05) is 0 Å². The smallest absolute Gasteiger partial charge is 0.257 e. The van der Waals surface area contributed by atoms with E-state index in [9.17, 15) is 18.0 Å². The largest absolute Gasteiger partial charge is 0.322 e. The zero-order chi connectivity index (χ0) is 20.1. The highest BCUT2D eigenvalue weighted by atomic mass is 32.2. The van der Waals surface area contributed by atoms with Gasteiger partial charge < -0.3 is 5.32 Å². The van der Waals surface area contributed by atoms with Crippen molar-refractivity contribution in [2.45, 2.75) is 5.75 Å². The molecule has 2 amide bonds. The summed E-state index contributed by atoms with van der Waals surface area (Å²) in [7, 11) is -3.18. The molecule has 0 bridgehead atoms. The Morgan fingerprint density at radius 2 is 1.71 bits per heavy atom. The van der Waals surface area contributed by atoms with E-state index in [0.717, 1.165) is 6.26 Å². The number of benzene rings is 2. The van der Waals surface area contributed by atoms with Gasteiger partial charge in [0.05, 0.1) is 5.75 Å². The minimum Gasteiger partial charge on any atom is -0.322 e. The fourth-order valence-corrected chi connectivity index (χ4v) is 3.78. The molecule has 2 N–H and O–H groups in total. The zero-order valence-corrected chi connectivity index (χ0v) is 16.5. The summed E-state index contributed by atoms with van der Waals surface area (Å²) in [6.45, 7) is 0. The van der Waals surface area contributed by atoms with Crippen LogP contribution in [-0.4, -0.2) is 31.5 Å². The van der Waals surface area contributed by atoms with E-state index >= 15 is 0 Å². The first-order valence-electron chi connectivity index (χ1n) is 8.19. The Balaban J connectivity index is 1.66. The van der Waals surface area contributed by atoms with Crippen molar-refractivity contribution >= 4 is 43.8 Å². The molecule has 1 aromatic heterocycles. The molecule has 2 aromatic carbocycles. The minimum absolute atomic E-state index is 0.128. The lowest BCUT2D eigenvalue weighted by Gasteiger charge is -2.08. The third kappa shape index (κ3) is 5.48. The minimum atomic E-state index is -3.18. The molecule has 0 aliphatic carbocycles. The predicted octanol–water partition coefficient (Wildman–Crippen LogP) is 3.19. The van der Waals surface area contributed by atoms with Crippen LogP contribution in [0.15, 0.2) is 60.1 Å². The average molecular weight is 415 g/mol. The maximum atomic E-state index is 12.4. The Kier molecular flexibility index (Phi) is 5.86. The van der Waals surface area contributed by atoms with Gasteiger partial charge in [0.15, 0.2) is 15.0 Å². The highest BCUT2D eigenvalue weighted by Gasteiger charge is 2.11. The van der Waals surface area contributed by atoms with Crippen LogP contribution >= 0.6 is 11.3 Å². The van der Waals surface area contributed by atoms with Crippen molar-refractivity contribution in [3.05, 3.63) is 76.8 Å². The lowest BCUT2D eigenvalue weighted by molar-refractivity contribution is 0.102. The summed E-state index contributed by atoms with van der Waals surface area (Å²) >= 11 is 1.32. The predicted molar refractivity (Wildman–Crippen MR) is 109 cm³/mol. The molecule has 9 heteroatoms. The van der Waals surface area contributed by atoms with Gasteiger partial charge >= 0.3 is 0 Å². The van der Waals surface area contributed by atoms with Gasteiger partial charge in [-0.15, -0.1) is 11.3 Å². The van der Waals surface area contributed by atoms with Crippen molar-refractivity contribution in [3.63, 3.8) is 0 Å². The fraction of sp³-hybridized carbons (Fsp3) is 0.105. The quantitative estimate of drug-likeness (QED) is 0.643. The summed E-state index contributed by atoms with van der Waals surface area (Å²) in [5.41, 5.74) is 1.85. The van der Waals surface area contributed by atoms with Crippen molar-refractivity contribution < 1.29 is 18.0 Å². The van der Waals surface area contributed by atoms with Crippen LogP contribution in [-0.2, 0) is 15.6 Å². The lowest BCUT2D eigenvalue weighted by atomic mass is 10.1. The molecule has 0 atom stereocenters. The van der Waals surface area contributed by atoms with Crippen LogP contribution < -0.4 is 10.6 Å². The second kappa shape index (κ2) is 8.32. The van der Waals surface area contributed by atoms with Crippen molar-refractivity contribution in [1.29, 1.82) is 0 Å². The average Bonchev–Trinajstić information content (AvgIpc) is 3.14. The van der Waals surface area contributed by atoms with Crippen molar-refractivity contribution in [2.75, 3.05) is 16.9 Å². The number of anilines is 2. The molecule has 0 saturated carbocycles. The van der Waals surface area contributed by atoms with E-state index in [-0.39, 0.29) is 17.6 Å². The van der Waals surface area contributed by atoms with Crippen LogP contribution in [0.4, 0.5) is 10.8 Å². The van der Waals surface area contributed by atoms with Gasteiger partial charge in [-0.2, -0.15) is 0 Å². The summed E-state index contributed by atoms with van der Waals surface area (Å²) in [5.74, 6) is -0.784. The fourth-order valence-electron chi connectivity index (χ4n) is 2.47. The summed E-state index contributed by atoms with van der Waals surface area (Å²) in [6.07, 6.45) is 2.75. The third-order valence-electron chi connectivity index (χ3n) is 3.68. The Labute approximate surface area is 166 Å². The van der Waals surface area contributed by atoms with Crippen LogP contribution in [0.5, 0.6) is 0 Å². The number of nitrogens with one attached hydrogen (secondary N) is 2. The molecule has 0 unspecified atom stereocenters. The molecule has 0 radical (unpaired) electrons. The number of thiazole rings is 1. The molecular weight excluding hydrogens is 398 g/mol. The number of sulfone groups is 1.